The Hall–Kier alpha value is -2.83. The van der Waals surface area contributed by atoms with Gasteiger partial charge in [-0.3, -0.25) is 19.5 Å². The van der Waals surface area contributed by atoms with Crippen LogP contribution in [0.5, 0.6) is 0 Å². The van der Waals surface area contributed by atoms with Crippen molar-refractivity contribution in [2.75, 3.05) is 5.32 Å². The molecular formula is C17H19N5O2. The van der Waals surface area contributed by atoms with Crippen LogP contribution in [0.25, 0.3) is 11.4 Å². The van der Waals surface area contributed by atoms with Gasteiger partial charge >= 0.3 is 0 Å². The third kappa shape index (κ3) is 3.10. The summed E-state index contributed by atoms with van der Waals surface area (Å²) in [6, 6.07) is 4.71. The molecule has 3 rings (SSSR count). The SMILES string of the molecule is Cc1cc(NC2CC(=O)N(C(C)C)C2=O)nc(-c2cccnc2)n1. The fourth-order valence-corrected chi connectivity index (χ4v) is 2.75. The summed E-state index contributed by atoms with van der Waals surface area (Å²) < 4.78 is 0. The topological polar surface area (TPSA) is 88.1 Å². The van der Waals surface area contributed by atoms with Crippen molar-refractivity contribution in [3.63, 3.8) is 0 Å². The van der Waals surface area contributed by atoms with Crippen LogP contribution in [-0.4, -0.2) is 43.7 Å². The summed E-state index contributed by atoms with van der Waals surface area (Å²) in [5, 5.41) is 3.07. The molecular weight excluding hydrogens is 306 g/mol. The van der Waals surface area contributed by atoms with E-state index in [0.717, 1.165) is 11.3 Å². The van der Waals surface area contributed by atoms with E-state index < -0.39 is 6.04 Å². The monoisotopic (exact) mass is 325 g/mol. The van der Waals surface area contributed by atoms with Gasteiger partial charge in [0.2, 0.25) is 5.91 Å². The number of aromatic nitrogens is 3. The zero-order valence-corrected chi connectivity index (χ0v) is 13.9. The molecule has 0 saturated carbocycles. The number of hydrogen-bond acceptors (Lipinski definition) is 6. The van der Waals surface area contributed by atoms with E-state index in [1.165, 1.54) is 4.90 Å². The minimum absolute atomic E-state index is 0.141. The molecule has 2 amide bonds. The number of carbonyl (C=O) groups is 2. The van der Waals surface area contributed by atoms with Crippen molar-refractivity contribution in [1.82, 2.24) is 19.9 Å². The normalized spacial score (nSPS) is 17.7. The molecule has 1 aliphatic rings. The number of carbonyl (C=O) groups excluding carboxylic acids is 2. The molecule has 0 bridgehead atoms. The molecule has 1 aliphatic heterocycles. The van der Waals surface area contributed by atoms with Crippen LogP contribution in [0.1, 0.15) is 26.0 Å². The summed E-state index contributed by atoms with van der Waals surface area (Å²) >= 11 is 0. The Kier molecular flexibility index (Phi) is 4.24. The maximum Gasteiger partial charge on any atom is 0.252 e. The van der Waals surface area contributed by atoms with Crippen LogP contribution in [0.4, 0.5) is 5.82 Å². The van der Waals surface area contributed by atoms with Crippen molar-refractivity contribution in [3.8, 4) is 11.4 Å². The predicted octanol–water partition coefficient (Wildman–Crippen LogP) is 1.79. The first-order chi connectivity index (χ1) is 11.5. The Balaban J connectivity index is 1.85. The lowest BCUT2D eigenvalue weighted by Gasteiger charge is -2.19. The number of anilines is 1. The van der Waals surface area contributed by atoms with E-state index in [2.05, 4.69) is 20.3 Å². The first-order valence-corrected chi connectivity index (χ1v) is 7.84. The molecule has 124 valence electrons. The number of aryl methyl sites for hydroxylation is 1. The van der Waals surface area contributed by atoms with Gasteiger partial charge in [-0.1, -0.05) is 0 Å². The molecule has 24 heavy (non-hydrogen) atoms. The van der Waals surface area contributed by atoms with E-state index in [0.29, 0.717) is 11.6 Å². The van der Waals surface area contributed by atoms with E-state index in [9.17, 15) is 9.59 Å². The van der Waals surface area contributed by atoms with Gasteiger partial charge in [0.1, 0.15) is 11.9 Å². The second-order valence-electron chi connectivity index (χ2n) is 6.06. The number of pyridine rings is 1. The number of nitrogens with one attached hydrogen (secondary N) is 1. The van der Waals surface area contributed by atoms with Crippen molar-refractivity contribution < 1.29 is 9.59 Å². The van der Waals surface area contributed by atoms with E-state index in [-0.39, 0.29) is 24.3 Å². The Morgan fingerprint density at radius 2 is 2.08 bits per heavy atom. The summed E-state index contributed by atoms with van der Waals surface area (Å²) in [4.78, 5) is 38.6. The van der Waals surface area contributed by atoms with Gasteiger partial charge in [-0.15, -0.1) is 0 Å². The average molecular weight is 325 g/mol. The number of likely N-dealkylation sites (tertiary alicyclic amines) is 1. The van der Waals surface area contributed by atoms with Crippen LogP contribution in [-0.2, 0) is 9.59 Å². The van der Waals surface area contributed by atoms with Gasteiger partial charge in [0.15, 0.2) is 5.82 Å². The number of imide groups is 1. The smallest absolute Gasteiger partial charge is 0.252 e. The third-order valence-electron chi connectivity index (χ3n) is 3.80. The van der Waals surface area contributed by atoms with E-state index in [1.807, 2.05) is 32.9 Å². The van der Waals surface area contributed by atoms with Crippen molar-refractivity contribution in [2.24, 2.45) is 0 Å². The molecule has 7 heteroatoms. The van der Waals surface area contributed by atoms with Crippen LogP contribution < -0.4 is 5.32 Å². The van der Waals surface area contributed by atoms with Gasteiger partial charge in [-0.05, 0) is 32.9 Å². The van der Waals surface area contributed by atoms with Crippen molar-refractivity contribution in [1.29, 1.82) is 0 Å². The molecule has 1 atom stereocenters. The first kappa shape index (κ1) is 16.0. The maximum atomic E-state index is 12.4. The highest BCUT2D eigenvalue weighted by molar-refractivity contribution is 6.07. The third-order valence-corrected chi connectivity index (χ3v) is 3.80. The Labute approximate surface area is 140 Å². The lowest BCUT2D eigenvalue weighted by atomic mass is 10.2. The summed E-state index contributed by atoms with van der Waals surface area (Å²) in [6.07, 6.45) is 3.51. The summed E-state index contributed by atoms with van der Waals surface area (Å²) in [6.45, 7) is 5.51. The molecule has 2 aromatic heterocycles. The average Bonchev–Trinajstić information content (AvgIpc) is 2.81. The van der Waals surface area contributed by atoms with Gasteiger partial charge in [-0.2, -0.15) is 0 Å². The van der Waals surface area contributed by atoms with Crippen molar-refractivity contribution >= 4 is 17.6 Å². The molecule has 0 aliphatic carbocycles. The summed E-state index contributed by atoms with van der Waals surface area (Å²) in [7, 11) is 0. The minimum atomic E-state index is -0.587. The molecule has 7 nitrogen and oxygen atoms in total. The molecule has 1 N–H and O–H groups in total. The van der Waals surface area contributed by atoms with Crippen LogP contribution in [0.15, 0.2) is 30.6 Å². The lowest BCUT2D eigenvalue weighted by Crippen LogP contribution is -2.39. The number of nitrogens with zero attached hydrogens (tertiary/aromatic N) is 4. The molecule has 0 spiro atoms. The van der Waals surface area contributed by atoms with Gasteiger partial charge in [0.25, 0.3) is 5.91 Å². The van der Waals surface area contributed by atoms with E-state index >= 15 is 0 Å². The minimum Gasteiger partial charge on any atom is -0.358 e. The molecule has 1 unspecified atom stereocenters. The largest absolute Gasteiger partial charge is 0.358 e. The van der Waals surface area contributed by atoms with Gasteiger partial charge < -0.3 is 5.32 Å². The molecule has 2 aromatic rings. The number of rotatable bonds is 4. The second kappa shape index (κ2) is 6.35. The number of amides is 2. The Morgan fingerprint density at radius 1 is 1.29 bits per heavy atom. The van der Waals surface area contributed by atoms with Crippen LogP contribution >= 0.6 is 0 Å². The summed E-state index contributed by atoms with van der Waals surface area (Å²) in [5.41, 5.74) is 1.56. The highest BCUT2D eigenvalue weighted by Crippen LogP contribution is 2.22. The van der Waals surface area contributed by atoms with Gasteiger partial charge in [0, 0.05) is 35.8 Å². The molecule has 0 radical (unpaired) electrons. The molecule has 3 heterocycles. The maximum absolute atomic E-state index is 12.4. The Bertz CT molecular complexity index is 776. The van der Waals surface area contributed by atoms with Gasteiger partial charge in [-0.25, -0.2) is 9.97 Å². The molecule has 1 fully saturated rings. The molecule has 1 saturated heterocycles. The highest BCUT2D eigenvalue weighted by Gasteiger charge is 2.40. The second-order valence-corrected chi connectivity index (χ2v) is 6.06. The van der Waals surface area contributed by atoms with Crippen LogP contribution in [0.2, 0.25) is 0 Å². The number of hydrogen-bond donors (Lipinski definition) is 1. The fraction of sp³-hybridized carbons (Fsp3) is 0.353. The van der Waals surface area contributed by atoms with E-state index in [1.54, 1.807) is 18.5 Å². The predicted molar refractivity (Wildman–Crippen MR) is 89.0 cm³/mol. The molecule has 0 aromatic carbocycles. The fourth-order valence-electron chi connectivity index (χ4n) is 2.75. The Morgan fingerprint density at radius 3 is 2.71 bits per heavy atom. The first-order valence-electron chi connectivity index (χ1n) is 7.84. The summed E-state index contributed by atoms with van der Waals surface area (Å²) in [5.74, 6) is 0.682. The zero-order chi connectivity index (χ0) is 17.3. The van der Waals surface area contributed by atoms with Crippen LogP contribution in [0.3, 0.4) is 0 Å². The van der Waals surface area contributed by atoms with Crippen LogP contribution in [0, 0.1) is 6.92 Å². The quantitative estimate of drug-likeness (QED) is 0.862. The van der Waals surface area contributed by atoms with Crippen molar-refractivity contribution in [3.05, 3.63) is 36.3 Å². The standard InChI is InChI=1S/C17H19N5O2/c1-10(2)22-15(23)8-13(17(22)24)20-14-7-11(3)19-16(21-14)12-5-4-6-18-9-12/h4-7,9-10,13H,8H2,1-3H3,(H,19,20,21). The van der Waals surface area contributed by atoms with Gasteiger partial charge in [0.05, 0.1) is 6.42 Å². The zero-order valence-electron chi connectivity index (χ0n) is 13.9. The van der Waals surface area contributed by atoms with E-state index in [4.69, 9.17) is 0 Å². The highest BCUT2D eigenvalue weighted by atomic mass is 16.2. The lowest BCUT2D eigenvalue weighted by molar-refractivity contribution is -0.140. The van der Waals surface area contributed by atoms with Crippen molar-refractivity contribution in [2.45, 2.75) is 39.3 Å².